The second kappa shape index (κ2) is 6.88. The van der Waals surface area contributed by atoms with Crippen LogP contribution in [0.15, 0.2) is 24.3 Å². The van der Waals surface area contributed by atoms with E-state index in [9.17, 15) is 4.79 Å². The zero-order chi connectivity index (χ0) is 12.7. The molecule has 1 unspecified atom stereocenters. The molecule has 94 valence electrons. The number of para-hydroxylation sites is 1. The van der Waals surface area contributed by atoms with Crippen LogP contribution in [0.3, 0.4) is 0 Å². The Hall–Kier alpha value is -1.59. The molecular weight excluding hydrogens is 222 g/mol. The fourth-order valence-electron chi connectivity index (χ4n) is 1.35. The zero-order valence-electron chi connectivity index (χ0n) is 9.72. The van der Waals surface area contributed by atoms with E-state index < -0.39 is 12.1 Å². The van der Waals surface area contributed by atoms with Crippen molar-refractivity contribution in [3.05, 3.63) is 29.8 Å². The van der Waals surface area contributed by atoms with Gasteiger partial charge in [-0.15, -0.1) is 0 Å². The molecule has 0 spiro atoms. The average molecular weight is 239 g/mol. The van der Waals surface area contributed by atoms with Crippen LogP contribution in [0.5, 0.6) is 5.75 Å². The molecule has 5 heteroatoms. The standard InChI is InChI=1S/C12H17NO4/c1-9(14)6-13-7-10-4-2-3-5-11(10)17-8-12(15)16/h2-5,9,13-14H,6-8H2,1H3,(H,15,16). The minimum Gasteiger partial charge on any atom is -0.482 e. The van der Waals surface area contributed by atoms with Gasteiger partial charge in [0, 0.05) is 18.7 Å². The van der Waals surface area contributed by atoms with E-state index >= 15 is 0 Å². The van der Waals surface area contributed by atoms with Crippen molar-refractivity contribution in [3.8, 4) is 5.75 Å². The highest BCUT2D eigenvalue weighted by Gasteiger charge is 2.05. The Morgan fingerprint density at radius 3 is 2.82 bits per heavy atom. The Bertz CT molecular complexity index is 365. The fourth-order valence-corrected chi connectivity index (χ4v) is 1.35. The van der Waals surface area contributed by atoms with Gasteiger partial charge >= 0.3 is 5.97 Å². The Kier molecular flexibility index (Phi) is 5.45. The minimum atomic E-state index is -1.00. The van der Waals surface area contributed by atoms with Crippen molar-refractivity contribution in [2.45, 2.75) is 19.6 Å². The first-order valence-corrected chi connectivity index (χ1v) is 5.41. The number of carboxylic acids is 1. The van der Waals surface area contributed by atoms with Crippen LogP contribution in [-0.2, 0) is 11.3 Å². The first-order chi connectivity index (χ1) is 8.09. The summed E-state index contributed by atoms with van der Waals surface area (Å²) in [5, 5.41) is 20.7. The van der Waals surface area contributed by atoms with Crippen LogP contribution in [0.4, 0.5) is 0 Å². The number of hydrogen-bond donors (Lipinski definition) is 3. The highest BCUT2D eigenvalue weighted by Crippen LogP contribution is 2.17. The SMILES string of the molecule is CC(O)CNCc1ccccc1OCC(=O)O. The van der Waals surface area contributed by atoms with Crippen LogP contribution in [0, 0.1) is 0 Å². The van der Waals surface area contributed by atoms with Gasteiger partial charge in [-0.1, -0.05) is 18.2 Å². The molecule has 1 aromatic carbocycles. The first kappa shape index (κ1) is 13.5. The summed E-state index contributed by atoms with van der Waals surface area (Å²) in [5.41, 5.74) is 0.870. The fraction of sp³-hybridized carbons (Fsp3) is 0.417. The molecule has 1 rings (SSSR count). The van der Waals surface area contributed by atoms with Gasteiger partial charge in [0.25, 0.3) is 0 Å². The monoisotopic (exact) mass is 239 g/mol. The van der Waals surface area contributed by atoms with E-state index in [1.807, 2.05) is 12.1 Å². The van der Waals surface area contributed by atoms with E-state index in [1.165, 1.54) is 0 Å². The molecule has 0 radical (unpaired) electrons. The average Bonchev–Trinajstić information content (AvgIpc) is 2.27. The molecular formula is C12H17NO4. The van der Waals surface area contributed by atoms with Crippen LogP contribution in [-0.4, -0.2) is 35.4 Å². The molecule has 1 aromatic rings. The number of aliphatic hydroxyl groups excluding tert-OH is 1. The highest BCUT2D eigenvalue weighted by atomic mass is 16.5. The largest absolute Gasteiger partial charge is 0.482 e. The van der Waals surface area contributed by atoms with Crippen molar-refractivity contribution in [1.29, 1.82) is 0 Å². The molecule has 0 heterocycles. The molecule has 0 saturated heterocycles. The molecule has 0 fully saturated rings. The summed E-state index contributed by atoms with van der Waals surface area (Å²) in [4.78, 5) is 10.4. The number of carbonyl (C=O) groups is 1. The third-order valence-corrected chi connectivity index (χ3v) is 2.08. The van der Waals surface area contributed by atoms with Crippen LogP contribution in [0.2, 0.25) is 0 Å². The summed E-state index contributed by atoms with van der Waals surface area (Å²) in [7, 11) is 0. The normalized spacial score (nSPS) is 12.1. The molecule has 5 nitrogen and oxygen atoms in total. The molecule has 0 bridgehead atoms. The lowest BCUT2D eigenvalue weighted by Gasteiger charge is -2.11. The quantitative estimate of drug-likeness (QED) is 0.650. The number of hydrogen-bond acceptors (Lipinski definition) is 4. The van der Waals surface area contributed by atoms with E-state index in [-0.39, 0.29) is 6.61 Å². The number of benzene rings is 1. The van der Waals surface area contributed by atoms with Gasteiger partial charge in [-0.05, 0) is 13.0 Å². The van der Waals surface area contributed by atoms with E-state index in [1.54, 1.807) is 19.1 Å². The third-order valence-electron chi connectivity index (χ3n) is 2.08. The van der Waals surface area contributed by atoms with Crippen molar-refractivity contribution >= 4 is 5.97 Å². The van der Waals surface area contributed by atoms with Crippen LogP contribution in [0.25, 0.3) is 0 Å². The number of carboxylic acid groups (broad SMARTS) is 1. The van der Waals surface area contributed by atoms with Crippen LogP contribution in [0.1, 0.15) is 12.5 Å². The Labute approximate surface area is 100 Å². The van der Waals surface area contributed by atoms with Crippen molar-refractivity contribution in [2.24, 2.45) is 0 Å². The predicted molar refractivity (Wildman–Crippen MR) is 63.0 cm³/mol. The van der Waals surface area contributed by atoms with E-state index in [0.717, 1.165) is 5.56 Å². The maximum Gasteiger partial charge on any atom is 0.341 e. The third kappa shape index (κ3) is 5.33. The summed E-state index contributed by atoms with van der Waals surface area (Å²) in [6.07, 6.45) is -0.415. The predicted octanol–water partition coefficient (Wildman–Crippen LogP) is 0.620. The minimum absolute atomic E-state index is 0.354. The lowest BCUT2D eigenvalue weighted by molar-refractivity contribution is -0.139. The lowest BCUT2D eigenvalue weighted by Crippen LogP contribution is -2.24. The molecule has 0 aliphatic rings. The molecule has 17 heavy (non-hydrogen) atoms. The Morgan fingerprint density at radius 2 is 2.18 bits per heavy atom. The van der Waals surface area contributed by atoms with E-state index in [4.69, 9.17) is 14.9 Å². The first-order valence-electron chi connectivity index (χ1n) is 5.41. The second-order valence-electron chi connectivity index (χ2n) is 3.77. The second-order valence-corrected chi connectivity index (χ2v) is 3.77. The maximum absolute atomic E-state index is 10.4. The number of ether oxygens (including phenoxy) is 1. The number of rotatable bonds is 7. The smallest absolute Gasteiger partial charge is 0.341 e. The number of aliphatic carboxylic acids is 1. The van der Waals surface area contributed by atoms with Gasteiger partial charge < -0.3 is 20.3 Å². The highest BCUT2D eigenvalue weighted by molar-refractivity contribution is 5.68. The molecule has 0 aliphatic heterocycles. The van der Waals surface area contributed by atoms with Crippen molar-refractivity contribution in [1.82, 2.24) is 5.32 Å². The van der Waals surface area contributed by atoms with Crippen molar-refractivity contribution < 1.29 is 19.7 Å². The number of aliphatic hydroxyl groups is 1. The maximum atomic E-state index is 10.4. The van der Waals surface area contributed by atoms with Crippen LogP contribution < -0.4 is 10.1 Å². The molecule has 3 N–H and O–H groups in total. The van der Waals surface area contributed by atoms with E-state index in [0.29, 0.717) is 18.8 Å². The summed E-state index contributed by atoms with van der Waals surface area (Å²) in [6.45, 7) is 2.35. The van der Waals surface area contributed by atoms with Gasteiger partial charge in [-0.25, -0.2) is 4.79 Å². The zero-order valence-corrected chi connectivity index (χ0v) is 9.72. The summed E-state index contributed by atoms with van der Waals surface area (Å²) in [6, 6.07) is 7.22. The van der Waals surface area contributed by atoms with Crippen molar-refractivity contribution in [2.75, 3.05) is 13.2 Å². The lowest BCUT2D eigenvalue weighted by atomic mass is 10.2. The van der Waals surface area contributed by atoms with Crippen molar-refractivity contribution in [3.63, 3.8) is 0 Å². The molecule has 0 saturated carbocycles. The topological polar surface area (TPSA) is 78.8 Å². The van der Waals surface area contributed by atoms with Gasteiger partial charge in [0.2, 0.25) is 0 Å². The summed E-state index contributed by atoms with van der Waals surface area (Å²) in [5.74, 6) is -0.454. The molecule has 1 atom stereocenters. The van der Waals surface area contributed by atoms with Gasteiger partial charge in [0.1, 0.15) is 5.75 Å². The summed E-state index contributed by atoms with van der Waals surface area (Å²) < 4.78 is 5.15. The Balaban J connectivity index is 2.54. The van der Waals surface area contributed by atoms with E-state index in [2.05, 4.69) is 5.32 Å². The van der Waals surface area contributed by atoms with Gasteiger partial charge in [-0.2, -0.15) is 0 Å². The Morgan fingerprint density at radius 1 is 1.47 bits per heavy atom. The summed E-state index contributed by atoms with van der Waals surface area (Å²) >= 11 is 0. The number of nitrogens with one attached hydrogen (secondary N) is 1. The van der Waals surface area contributed by atoms with Crippen LogP contribution >= 0.6 is 0 Å². The van der Waals surface area contributed by atoms with Gasteiger partial charge in [0.05, 0.1) is 6.10 Å². The van der Waals surface area contributed by atoms with Gasteiger partial charge in [-0.3, -0.25) is 0 Å². The molecule has 0 aliphatic carbocycles. The molecule has 0 aromatic heterocycles. The molecule has 0 amide bonds. The van der Waals surface area contributed by atoms with Gasteiger partial charge in [0.15, 0.2) is 6.61 Å².